The first kappa shape index (κ1) is 16.5. The summed E-state index contributed by atoms with van der Waals surface area (Å²) in [5.74, 6) is -0.184. The minimum atomic E-state index is -0.353. The van der Waals surface area contributed by atoms with Crippen LogP contribution in [0.25, 0.3) is 10.9 Å². The Balaban J connectivity index is 2.31. The van der Waals surface area contributed by atoms with Gasteiger partial charge in [-0.1, -0.05) is 19.4 Å². The molecule has 2 aromatic rings. The van der Waals surface area contributed by atoms with Crippen LogP contribution >= 0.6 is 0 Å². The summed E-state index contributed by atoms with van der Waals surface area (Å²) in [6, 6.07) is 5.27. The molecule has 0 radical (unpaired) electrons. The first-order valence-corrected chi connectivity index (χ1v) is 7.67. The van der Waals surface area contributed by atoms with Gasteiger partial charge in [0, 0.05) is 23.9 Å². The van der Waals surface area contributed by atoms with Gasteiger partial charge in [-0.25, -0.2) is 0 Å². The molecule has 1 N–H and O–H groups in total. The van der Waals surface area contributed by atoms with Crippen LogP contribution in [0.3, 0.4) is 0 Å². The molecule has 0 bridgehead atoms. The fourth-order valence-electron chi connectivity index (χ4n) is 2.40. The van der Waals surface area contributed by atoms with Gasteiger partial charge < -0.3 is 14.6 Å². The van der Waals surface area contributed by atoms with Crippen LogP contribution in [0.1, 0.15) is 31.7 Å². The number of aromatic amines is 1. The number of likely N-dealkylation sites (N-methyl/N-ethyl adjacent to an activating group) is 1. The van der Waals surface area contributed by atoms with Gasteiger partial charge in [-0.15, -0.1) is 0 Å². The van der Waals surface area contributed by atoms with Gasteiger partial charge in [0.05, 0.1) is 5.52 Å². The maximum atomic E-state index is 14.2. The number of ether oxygens (including phenoxy) is 1. The number of carbonyl (C=O) groups is 1. The largest absolute Gasteiger partial charge is 0.426 e. The van der Waals surface area contributed by atoms with E-state index in [1.807, 2.05) is 25.9 Å². The summed E-state index contributed by atoms with van der Waals surface area (Å²) in [7, 11) is 3.89. The van der Waals surface area contributed by atoms with Gasteiger partial charge in [0.2, 0.25) is 0 Å². The minimum Gasteiger partial charge on any atom is -0.426 e. The molecule has 0 aliphatic carbocycles. The normalized spacial score (nSPS) is 11.3. The average Bonchev–Trinajstić information content (AvgIpc) is 2.79. The van der Waals surface area contributed by atoms with Gasteiger partial charge in [-0.3, -0.25) is 4.79 Å². The van der Waals surface area contributed by atoms with Gasteiger partial charge in [-0.05, 0) is 39.1 Å². The lowest BCUT2D eigenvalue weighted by Crippen LogP contribution is -2.15. The number of hydrogen-bond donors (Lipinski definition) is 1. The molecule has 0 fully saturated rings. The van der Waals surface area contributed by atoms with Crippen molar-refractivity contribution in [2.75, 3.05) is 20.6 Å². The lowest BCUT2D eigenvalue weighted by molar-refractivity contribution is -0.134. The Kier molecular flexibility index (Phi) is 5.55. The fraction of sp³-hybridized carbons (Fsp3) is 0.471. The molecular formula is C17H23FN2O2. The average molecular weight is 306 g/mol. The number of halogens is 1. The van der Waals surface area contributed by atoms with Gasteiger partial charge in [0.25, 0.3) is 0 Å². The second kappa shape index (κ2) is 7.40. The molecule has 0 amide bonds. The van der Waals surface area contributed by atoms with E-state index in [1.54, 1.807) is 18.2 Å². The molecule has 0 atom stereocenters. The fourth-order valence-corrected chi connectivity index (χ4v) is 2.40. The lowest BCUT2D eigenvalue weighted by atomic mass is 10.1. The molecule has 1 heterocycles. The van der Waals surface area contributed by atoms with Crippen molar-refractivity contribution < 1.29 is 13.9 Å². The standard InChI is InChI=1S/C17H23FN2O2/c1-4-5-9-15(21)22-14-8-6-7-13-16(14)12(17(18)19-13)10-11-20(2)3/h6-8,19H,4-5,9-11H2,1-3H3. The van der Waals surface area contributed by atoms with Gasteiger partial charge in [0.15, 0.2) is 5.95 Å². The van der Waals surface area contributed by atoms with Crippen LogP contribution < -0.4 is 4.74 Å². The van der Waals surface area contributed by atoms with E-state index in [0.717, 1.165) is 19.4 Å². The van der Waals surface area contributed by atoms with Crippen molar-refractivity contribution in [3.63, 3.8) is 0 Å². The number of nitrogens with one attached hydrogen (secondary N) is 1. The molecule has 5 heteroatoms. The third-order valence-corrected chi connectivity index (χ3v) is 3.60. The first-order valence-electron chi connectivity index (χ1n) is 7.67. The minimum absolute atomic E-state index is 0.269. The smallest absolute Gasteiger partial charge is 0.311 e. The zero-order chi connectivity index (χ0) is 16.1. The van der Waals surface area contributed by atoms with Crippen LogP contribution in [0.5, 0.6) is 5.75 Å². The van der Waals surface area contributed by atoms with Gasteiger partial charge in [-0.2, -0.15) is 4.39 Å². The SMILES string of the molecule is CCCCC(=O)Oc1cccc2[nH]c(F)c(CCN(C)C)c12. The van der Waals surface area contributed by atoms with Crippen LogP contribution in [-0.2, 0) is 11.2 Å². The molecule has 0 saturated carbocycles. The molecule has 1 aromatic carbocycles. The zero-order valence-corrected chi connectivity index (χ0v) is 13.4. The quantitative estimate of drug-likeness (QED) is 0.629. The van der Waals surface area contributed by atoms with Crippen LogP contribution in [0.2, 0.25) is 0 Å². The highest BCUT2D eigenvalue weighted by Gasteiger charge is 2.17. The van der Waals surface area contributed by atoms with Crippen LogP contribution in [0.15, 0.2) is 18.2 Å². The number of esters is 1. The molecule has 0 spiro atoms. The number of rotatable bonds is 7. The first-order chi connectivity index (χ1) is 10.5. The highest BCUT2D eigenvalue weighted by atomic mass is 19.1. The van der Waals surface area contributed by atoms with E-state index in [0.29, 0.717) is 35.1 Å². The molecular weight excluding hydrogens is 283 g/mol. The number of nitrogens with zero attached hydrogens (tertiary/aromatic N) is 1. The third-order valence-electron chi connectivity index (χ3n) is 3.60. The highest BCUT2D eigenvalue weighted by Crippen LogP contribution is 2.31. The maximum absolute atomic E-state index is 14.2. The number of unbranched alkanes of at least 4 members (excludes halogenated alkanes) is 1. The van der Waals surface area contributed by atoms with Crippen molar-refractivity contribution in [1.82, 2.24) is 9.88 Å². The summed E-state index contributed by atoms with van der Waals surface area (Å²) in [4.78, 5) is 16.6. The second-order valence-corrected chi connectivity index (χ2v) is 5.73. The Bertz CT molecular complexity index is 649. The summed E-state index contributed by atoms with van der Waals surface area (Å²) in [5.41, 5.74) is 1.23. The number of aromatic nitrogens is 1. The molecule has 0 unspecified atom stereocenters. The Morgan fingerprint density at radius 2 is 2.14 bits per heavy atom. The van der Waals surface area contributed by atoms with E-state index >= 15 is 0 Å². The van der Waals surface area contributed by atoms with Gasteiger partial charge >= 0.3 is 5.97 Å². The van der Waals surface area contributed by atoms with Crippen LogP contribution in [0, 0.1) is 5.95 Å². The summed E-state index contributed by atoms with van der Waals surface area (Å²) >= 11 is 0. The Hall–Kier alpha value is -1.88. The van der Waals surface area contributed by atoms with Crippen LogP contribution in [0.4, 0.5) is 4.39 Å². The van der Waals surface area contributed by atoms with E-state index in [4.69, 9.17) is 4.74 Å². The Labute approximate surface area is 130 Å². The molecule has 0 aliphatic heterocycles. The second-order valence-electron chi connectivity index (χ2n) is 5.73. The number of carbonyl (C=O) groups excluding carboxylic acids is 1. The summed E-state index contributed by atoms with van der Waals surface area (Å²) < 4.78 is 19.6. The number of benzene rings is 1. The number of fused-ring (bicyclic) bond motifs is 1. The van der Waals surface area contributed by atoms with E-state index < -0.39 is 0 Å². The van der Waals surface area contributed by atoms with Crippen molar-refractivity contribution in [2.45, 2.75) is 32.6 Å². The molecule has 120 valence electrons. The van der Waals surface area contributed by atoms with Crippen molar-refractivity contribution in [3.05, 3.63) is 29.7 Å². The molecule has 4 nitrogen and oxygen atoms in total. The predicted molar refractivity (Wildman–Crippen MR) is 85.7 cm³/mol. The van der Waals surface area contributed by atoms with Gasteiger partial charge in [0.1, 0.15) is 5.75 Å². The number of H-pyrrole nitrogens is 1. The van der Waals surface area contributed by atoms with E-state index in [-0.39, 0.29) is 11.9 Å². The van der Waals surface area contributed by atoms with Crippen molar-refractivity contribution in [3.8, 4) is 5.75 Å². The third kappa shape index (κ3) is 3.85. The van der Waals surface area contributed by atoms with Crippen molar-refractivity contribution >= 4 is 16.9 Å². The van der Waals surface area contributed by atoms with Crippen molar-refractivity contribution in [2.24, 2.45) is 0 Å². The Morgan fingerprint density at radius 1 is 1.36 bits per heavy atom. The van der Waals surface area contributed by atoms with Crippen LogP contribution in [-0.4, -0.2) is 36.5 Å². The van der Waals surface area contributed by atoms with E-state index in [9.17, 15) is 9.18 Å². The Morgan fingerprint density at radius 3 is 2.82 bits per heavy atom. The summed E-state index contributed by atoms with van der Waals surface area (Å²) in [6.07, 6.45) is 2.67. The molecule has 0 aliphatic rings. The van der Waals surface area contributed by atoms with Crippen molar-refractivity contribution in [1.29, 1.82) is 0 Å². The molecule has 2 rings (SSSR count). The van der Waals surface area contributed by atoms with E-state index in [2.05, 4.69) is 4.98 Å². The highest BCUT2D eigenvalue weighted by molar-refractivity contribution is 5.91. The summed E-state index contributed by atoms with van der Waals surface area (Å²) in [6.45, 7) is 2.75. The molecule has 0 saturated heterocycles. The number of hydrogen-bond acceptors (Lipinski definition) is 3. The molecule has 1 aromatic heterocycles. The topological polar surface area (TPSA) is 45.3 Å². The molecule has 22 heavy (non-hydrogen) atoms. The zero-order valence-electron chi connectivity index (χ0n) is 13.4. The lowest BCUT2D eigenvalue weighted by Gasteiger charge is -2.10. The predicted octanol–water partition coefficient (Wildman–Crippen LogP) is 3.51. The van der Waals surface area contributed by atoms with E-state index in [1.165, 1.54) is 0 Å². The monoisotopic (exact) mass is 306 g/mol. The summed E-state index contributed by atoms with van der Waals surface area (Å²) in [5, 5.41) is 0.673. The maximum Gasteiger partial charge on any atom is 0.311 e.